The lowest BCUT2D eigenvalue weighted by Crippen LogP contribution is -2.46. The maximum Gasteiger partial charge on any atom is 0.407 e. The highest BCUT2D eigenvalue weighted by atomic mass is 16.6. The molecule has 1 rings (SSSR count). The summed E-state index contributed by atoms with van der Waals surface area (Å²) in [5, 5.41) is 13.1. The van der Waals surface area contributed by atoms with E-state index >= 15 is 0 Å². The number of aliphatic hydroxyl groups excluding tert-OH is 1. The summed E-state index contributed by atoms with van der Waals surface area (Å²) in [5.41, 5.74) is -0.525. The second kappa shape index (κ2) is 8.59. The Kier molecular flexibility index (Phi) is 7.46. The van der Waals surface area contributed by atoms with Gasteiger partial charge in [0.1, 0.15) is 5.60 Å². The van der Waals surface area contributed by atoms with Crippen LogP contribution in [0.15, 0.2) is 0 Å². The number of aliphatic hydroxyl groups is 1. The van der Waals surface area contributed by atoms with E-state index in [-0.39, 0.29) is 6.04 Å². The molecule has 2 atom stereocenters. The third-order valence-electron chi connectivity index (χ3n) is 3.68. The maximum atomic E-state index is 12.0. The molecule has 0 aromatic carbocycles. The zero-order valence-electron chi connectivity index (χ0n) is 13.9. The van der Waals surface area contributed by atoms with Crippen molar-refractivity contribution in [3.63, 3.8) is 0 Å². The van der Waals surface area contributed by atoms with Gasteiger partial charge < -0.3 is 19.9 Å². The van der Waals surface area contributed by atoms with E-state index in [2.05, 4.69) is 5.32 Å². The summed E-state index contributed by atoms with van der Waals surface area (Å²) in [6, 6.07) is -0.247. The van der Waals surface area contributed by atoms with Gasteiger partial charge in [0.2, 0.25) is 0 Å². The minimum atomic E-state index is -0.525. The van der Waals surface area contributed by atoms with Gasteiger partial charge in [-0.2, -0.15) is 0 Å². The minimum Gasteiger partial charge on any atom is -0.444 e. The Bertz CT molecular complexity index is 308. The van der Waals surface area contributed by atoms with Crippen LogP contribution < -0.4 is 5.32 Å². The third-order valence-corrected chi connectivity index (χ3v) is 3.68. The topological polar surface area (TPSA) is 67.8 Å². The van der Waals surface area contributed by atoms with E-state index in [0.29, 0.717) is 12.3 Å². The first-order valence-corrected chi connectivity index (χ1v) is 8.07. The first-order chi connectivity index (χ1) is 9.81. The van der Waals surface area contributed by atoms with Gasteiger partial charge in [-0.15, -0.1) is 0 Å². The summed E-state index contributed by atoms with van der Waals surface area (Å²) in [7, 11) is 0. The van der Waals surface area contributed by atoms with Crippen LogP contribution in [-0.2, 0) is 9.47 Å². The van der Waals surface area contributed by atoms with Crippen molar-refractivity contribution in [2.24, 2.45) is 5.92 Å². The standard InChI is InChI=1S/C16H31NO4/c1-5-6-14(18)13(11-12-7-9-20-10-8-12)17-15(19)21-16(2,3)4/h12-14,18H,5-11H2,1-4H3,(H,17,19)/t13-,14+/m0/s1. The van der Waals surface area contributed by atoms with E-state index in [0.717, 1.165) is 38.9 Å². The molecule has 0 saturated carbocycles. The second-order valence-electron chi connectivity index (χ2n) is 6.90. The lowest BCUT2D eigenvalue weighted by molar-refractivity contribution is 0.0291. The SMILES string of the molecule is CCC[C@@H](O)[C@H](CC1CCOCC1)NC(=O)OC(C)(C)C. The average molecular weight is 301 g/mol. The van der Waals surface area contributed by atoms with Crippen LogP contribution in [0.4, 0.5) is 4.79 Å². The Labute approximate surface area is 128 Å². The highest BCUT2D eigenvalue weighted by Crippen LogP contribution is 2.22. The molecule has 1 aliphatic heterocycles. The number of carbonyl (C=O) groups is 1. The molecule has 1 amide bonds. The van der Waals surface area contributed by atoms with E-state index < -0.39 is 17.8 Å². The Morgan fingerprint density at radius 3 is 2.52 bits per heavy atom. The predicted molar refractivity (Wildman–Crippen MR) is 82.2 cm³/mol. The molecule has 0 aromatic rings. The van der Waals surface area contributed by atoms with Crippen LogP contribution in [0.1, 0.15) is 59.8 Å². The molecule has 1 heterocycles. The number of rotatable bonds is 6. The maximum absolute atomic E-state index is 12.0. The van der Waals surface area contributed by atoms with E-state index in [1.165, 1.54) is 0 Å². The Hall–Kier alpha value is -0.810. The number of nitrogens with one attached hydrogen (secondary N) is 1. The van der Waals surface area contributed by atoms with Crippen molar-refractivity contribution in [2.75, 3.05) is 13.2 Å². The largest absolute Gasteiger partial charge is 0.444 e. The van der Waals surface area contributed by atoms with Crippen LogP contribution in [0.5, 0.6) is 0 Å². The van der Waals surface area contributed by atoms with Gasteiger partial charge in [0, 0.05) is 13.2 Å². The van der Waals surface area contributed by atoms with Crippen molar-refractivity contribution in [3.8, 4) is 0 Å². The van der Waals surface area contributed by atoms with Crippen molar-refractivity contribution in [1.82, 2.24) is 5.32 Å². The minimum absolute atomic E-state index is 0.247. The van der Waals surface area contributed by atoms with E-state index in [1.807, 2.05) is 27.7 Å². The van der Waals surface area contributed by atoms with Gasteiger partial charge in [-0.05, 0) is 52.4 Å². The van der Waals surface area contributed by atoms with Gasteiger partial charge in [0.25, 0.3) is 0 Å². The van der Waals surface area contributed by atoms with Gasteiger partial charge >= 0.3 is 6.09 Å². The molecule has 1 aliphatic rings. The van der Waals surface area contributed by atoms with E-state index in [4.69, 9.17) is 9.47 Å². The van der Waals surface area contributed by atoms with Crippen molar-refractivity contribution in [1.29, 1.82) is 0 Å². The molecular weight excluding hydrogens is 270 g/mol. The predicted octanol–water partition coefficient (Wildman–Crippen LogP) is 2.86. The highest BCUT2D eigenvalue weighted by molar-refractivity contribution is 5.68. The summed E-state index contributed by atoms with van der Waals surface area (Å²) in [6.07, 6.45) is 3.37. The normalized spacial score (nSPS) is 19.9. The number of alkyl carbamates (subject to hydrolysis) is 1. The fraction of sp³-hybridized carbons (Fsp3) is 0.938. The first-order valence-electron chi connectivity index (χ1n) is 8.07. The summed E-state index contributed by atoms with van der Waals surface area (Å²) < 4.78 is 10.7. The second-order valence-corrected chi connectivity index (χ2v) is 6.90. The van der Waals surface area contributed by atoms with Gasteiger partial charge in [0.05, 0.1) is 12.1 Å². The molecule has 0 aliphatic carbocycles. The van der Waals surface area contributed by atoms with Gasteiger partial charge in [-0.25, -0.2) is 4.79 Å². The first kappa shape index (κ1) is 18.2. The molecule has 124 valence electrons. The number of hydrogen-bond donors (Lipinski definition) is 2. The van der Waals surface area contributed by atoms with Crippen molar-refractivity contribution in [2.45, 2.75) is 77.5 Å². The molecule has 0 radical (unpaired) electrons. The average Bonchev–Trinajstić information content (AvgIpc) is 2.37. The summed E-state index contributed by atoms with van der Waals surface area (Å²) in [6.45, 7) is 9.08. The quantitative estimate of drug-likeness (QED) is 0.791. The van der Waals surface area contributed by atoms with Crippen LogP contribution in [0, 0.1) is 5.92 Å². The molecule has 0 unspecified atom stereocenters. The third kappa shape index (κ3) is 7.67. The highest BCUT2D eigenvalue weighted by Gasteiger charge is 2.27. The van der Waals surface area contributed by atoms with Gasteiger partial charge in [0.15, 0.2) is 0 Å². The Morgan fingerprint density at radius 2 is 2.00 bits per heavy atom. The fourth-order valence-electron chi connectivity index (χ4n) is 2.61. The van der Waals surface area contributed by atoms with Crippen molar-refractivity contribution < 1.29 is 19.4 Å². The molecule has 1 fully saturated rings. The molecule has 0 spiro atoms. The monoisotopic (exact) mass is 301 g/mol. The van der Waals surface area contributed by atoms with E-state index in [1.54, 1.807) is 0 Å². The lowest BCUT2D eigenvalue weighted by atomic mass is 9.89. The van der Waals surface area contributed by atoms with Gasteiger partial charge in [-0.1, -0.05) is 13.3 Å². The van der Waals surface area contributed by atoms with Crippen LogP contribution in [0.2, 0.25) is 0 Å². The molecule has 2 N–H and O–H groups in total. The molecule has 0 aromatic heterocycles. The fourth-order valence-corrected chi connectivity index (χ4v) is 2.61. The van der Waals surface area contributed by atoms with Crippen molar-refractivity contribution >= 4 is 6.09 Å². The Morgan fingerprint density at radius 1 is 1.38 bits per heavy atom. The zero-order valence-corrected chi connectivity index (χ0v) is 13.9. The number of hydrogen-bond acceptors (Lipinski definition) is 4. The number of carbonyl (C=O) groups excluding carboxylic acids is 1. The van der Waals surface area contributed by atoms with Crippen LogP contribution in [0.25, 0.3) is 0 Å². The molecule has 5 heteroatoms. The van der Waals surface area contributed by atoms with Crippen LogP contribution in [-0.4, -0.2) is 42.2 Å². The molecule has 21 heavy (non-hydrogen) atoms. The zero-order chi connectivity index (χ0) is 15.9. The van der Waals surface area contributed by atoms with Crippen LogP contribution in [0.3, 0.4) is 0 Å². The van der Waals surface area contributed by atoms with Crippen molar-refractivity contribution in [3.05, 3.63) is 0 Å². The molecular formula is C16H31NO4. The van der Waals surface area contributed by atoms with E-state index in [9.17, 15) is 9.90 Å². The smallest absolute Gasteiger partial charge is 0.407 e. The lowest BCUT2D eigenvalue weighted by Gasteiger charge is -2.31. The van der Waals surface area contributed by atoms with Crippen LogP contribution >= 0.6 is 0 Å². The summed E-state index contributed by atoms with van der Waals surface area (Å²) >= 11 is 0. The molecule has 1 saturated heterocycles. The summed E-state index contributed by atoms with van der Waals surface area (Å²) in [5.74, 6) is 0.491. The number of amides is 1. The summed E-state index contributed by atoms with van der Waals surface area (Å²) in [4.78, 5) is 12.0. The van der Waals surface area contributed by atoms with Gasteiger partial charge in [-0.3, -0.25) is 0 Å². The molecule has 0 bridgehead atoms. The molecule has 5 nitrogen and oxygen atoms in total. The Balaban J connectivity index is 2.56. The number of ether oxygens (including phenoxy) is 2.